The lowest BCUT2D eigenvalue weighted by atomic mass is 9.61. The number of amides is 1. The number of rotatable bonds is 7. The number of carbonyl (C=O) groups excluding carboxylic acids is 1. The van der Waals surface area contributed by atoms with E-state index in [2.05, 4.69) is 15.2 Å². The average Bonchev–Trinajstić information content (AvgIpc) is 3.31. The van der Waals surface area contributed by atoms with Crippen LogP contribution in [0.15, 0.2) is 24.4 Å². The van der Waals surface area contributed by atoms with Crippen LogP contribution in [0.4, 0.5) is 14.5 Å². The molecule has 10 heteroatoms. The number of nitrogens with zero attached hydrogens (tertiary/aromatic N) is 2. The number of halogens is 2. The van der Waals surface area contributed by atoms with Crippen molar-refractivity contribution in [3.63, 3.8) is 0 Å². The highest BCUT2D eigenvalue weighted by Crippen LogP contribution is 2.41. The summed E-state index contributed by atoms with van der Waals surface area (Å²) in [6.45, 7) is 0.760. The van der Waals surface area contributed by atoms with Crippen LogP contribution in [-0.4, -0.2) is 43.1 Å². The standard InChI is InChI=1S/C18H19B2F2N3O3/c1-9(2)25-8-12(15(24-25)10-3-4-10)16(26)23-11-5-6-13(18(19,20)27)14(7-11)28-17(21)22/h5-10,17,27H,3-4H2,1-2H3,(H,23,26). The Balaban J connectivity index is 1.88. The van der Waals surface area contributed by atoms with E-state index in [0.29, 0.717) is 5.56 Å². The number of carbonyl (C=O) groups is 1. The molecule has 0 saturated heterocycles. The molecule has 1 aliphatic rings. The highest BCUT2D eigenvalue weighted by Gasteiger charge is 2.32. The first-order valence-corrected chi connectivity index (χ1v) is 8.86. The van der Waals surface area contributed by atoms with Crippen LogP contribution in [0.2, 0.25) is 0 Å². The lowest BCUT2D eigenvalue weighted by molar-refractivity contribution is -0.0512. The van der Waals surface area contributed by atoms with Crippen LogP contribution in [0, 0.1) is 0 Å². The summed E-state index contributed by atoms with van der Waals surface area (Å²) in [5, 5.41) is 14.5. The fourth-order valence-electron chi connectivity index (χ4n) is 2.83. The molecule has 0 spiro atoms. The van der Waals surface area contributed by atoms with Gasteiger partial charge in [0.15, 0.2) is 0 Å². The van der Waals surface area contributed by atoms with Crippen LogP contribution in [0.25, 0.3) is 0 Å². The van der Waals surface area contributed by atoms with Gasteiger partial charge in [-0.1, -0.05) is 6.07 Å². The fourth-order valence-corrected chi connectivity index (χ4v) is 2.83. The Hall–Kier alpha value is -2.35. The van der Waals surface area contributed by atoms with Crippen molar-refractivity contribution in [3.8, 4) is 5.75 Å². The second-order valence-corrected chi connectivity index (χ2v) is 7.14. The van der Waals surface area contributed by atoms with E-state index in [4.69, 9.17) is 15.7 Å². The molecule has 144 valence electrons. The van der Waals surface area contributed by atoms with Crippen LogP contribution in [-0.2, 0) is 5.40 Å². The smallest absolute Gasteiger partial charge is 0.387 e. The summed E-state index contributed by atoms with van der Waals surface area (Å²) in [7, 11) is 10.8. The summed E-state index contributed by atoms with van der Waals surface area (Å²) in [5.74, 6) is -0.591. The van der Waals surface area contributed by atoms with Gasteiger partial charge in [0.1, 0.15) is 21.4 Å². The summed E-state index contributed by atoms with van der Waals surface area (Å²) >= 11 is 0. The number of nitrogens with one attached hydrogen (secondary N) is 1. The topological polar surface area (TPSA) is 76.4 Å². The lowest BCUT2D eigenvalue weighted by Gasteiger charge is -2.23. The molecule has 0 bridgehead atoms. The average molecular weight is 385 g/mol. The van der Waals surface area contributed by atoms with Gasteiger partial charge in [-0.3, -0.25) is 9.48 Å². The van der Waals surface area contributed by atoms with Crippen molar-refractivity contribution >= 4 is 27.3 Å². The number of benzene rings is 1. The molecule has 6 nitrogen and oxygen atoms in total. The minimum atomic E-state index is -3.15. The minimum Gasteiger partial charge on any atom is -0.434 e. The summed E-state index contributed by atoms with van der Waals surface area (Å²) in [6, 6.07) is 3.83. The molecule has 1 aromatic carbocycles. The van der Waals surface area contributed by atoms with Crippen LogP contribution in [0.3, 0.4) is 0 Å². The summed E-state index contributed by atoms with van der Waals surface area (Å²) in [5.41, 5.74) is 1.11. The van der Waals surface area contributed by atoms with Crippen molar-refractivity contribution in [1.29, 1.82) is 0 Å². The van der Waals surface area contributed by atoms with E-state index >= 15 is 0 Å². The van der Waals surface area contributed by atoms with Crippen LogP contribution < -0.4 is 10.1 Å². The zero-order valence-electron chi connectivity index (χ0n) is 15.5. The summed E-state index contributed by atoms with van der Waals surface area (Å²) in [6.07, 6.45) is 3.63. The Morgan fingerprint density at radius 1 is 1.39 bits per heavy atom. The zero-order chi connectivity index (χ0) is 20.6. The molecule has 0 atom stereocenters. The molecule has 0 aliphatic heterocycles. The van der Waals surface area contributed by atoms with Gasteiger partial charge in [0.05, 0.1) is 11.3 Å². The van der Waals surface area contributed by atoms with Gasteiger partial charge in [0, 0.05) is 40.9 Å². The van der Waals surface area contributed by atoms with Crippen molar-refractivity contribution in [2.75, 3.05) is 5.32 Å². The number of aliphatic hydroxyl groups is 1. The predicted molar refractivity (Wildman–Crippen MR) is 101 cm³/mol. The first kappa shape index (κ1) is 20.4. The molecule has 1 saturated carbocycles. The maximum atomic E-state index is 12.8. The van der Waals surface area contributed by atoms with E-state index in [1.165, 1.54) is 12.1 Å². The van der Waals surface area contributed by atoms with E-state index in [1.807, 2.05) is 13.8 Å². The Kier molecular flexibility index (Phi) is 5.52. The molecule has 28 heavy (non-hydrogen) atoms. The molecule has 4 radical (unpaired) electrons. The molecule has 2 aromatic rings. The first-order chi connectivity index (χ1) is 13.1. The van der Waals surface area contributed by atoms with Gasteiger partial charge in [0.2, 0.25) is 0 Å². The summed E-state index contributed by atoms with van der Waals surface area (Å²) < 4.78 is 31.5. The van der Waals surface area contributed by atoms with Crippen LogP contribution >= 0.6 is 0 Å². The van der Waals surface area contributed by atoms with E-state index in [0.717, 1.165) is 24.6 Å². The fraction of sp³-hybridized carbons (Fsp3) is 0.444. The van der Waals surface area contributed by atoms with Gasteiger partial charge in [-0.2, -0.15) is 13.9 Å². The Morgan fingerprint density at radius 3 is 2.61 bits per heavy atom. The lowest BCUT2D eigenvalue weighted by Crippen LogP contribution is -2.27. The molecule has 0 unspecified atom stereocenters. The predicted octanol–water partition coefficient (Wildman–Crippen LogP) is 2.63. The molecule has 2 N–H and O–H groups in total. The first-order valence-electron chi connectivity index (χ1n) is 8.86. The third-order valence-corrected chi connectivity index (χ3v) is 4.39. The number of anilines is 1. The largest absolute Gasteiger partial charge is 0.434 e. The van der Waals surface area contributed by atoms with E-state index in [1.54, 1.807) is 10.9 Å². The van der Waals surface area contributed by atoms with Gasteiger partial charge in [-0.15, -0.1) is 0 Å². The maximum absolute atomic E-state index is 12.8. The van der Waals surface area contributed by atoms with Gasteiger partial charge >= 0.3 is 6.61 Å². The minimum absolute atomic E-state index is 0.0937. The Morgan fingerprint density at radius 2 is 2.07 bits per heavy atom. The van der Waals surface area contributed by atoms with Crippen molar-refractivity contribution in [2.45, 2.75) is 50.7 Å². The van der Waals surface area contributed by atoms with Crippen LogP contribution in [0.1, 0.15) is 60.3 Å². The molecular formula is C18H19B2F2N3O3. The van der Waals surface area contributed by atoms with Crippen LogP contribution in [0.5, 0.6) is 5.75 Å². The van der Waals surface area contributed by atoms with Crippen molar-refractivity contribution in [3.05, 3.63) is 41.2 Å². The van der Waals surface area contributed by atoms with Gasteiger partial charge in [0.25, 0.3) is 5.91 Å². The van der Waals surface area contributed by atoms with Crippen molar-refractivity contribution in [1.82, 2.24) is 9.78 Å². The molecule has 1 fully saturated rings. The second-order valence-electron chi connectivity index (χ2n) is 7.14. The normalized spacial score (nSPS) is 14.5. The van der Waals surface area contributed by atoms with Gasteiger partial charge in [-0.05, 0) is 32.8 Å². The highest BCUT2D eigenvalue weighted by atomic mass is 19.3. The maximum Gasteiger partial charge on any atom is 0.387 e. The third-order valence-electron chi connectivity index (χ3n) is 4.39. The summed E-state index contributed by atoms with van der Waals surface area (Å²) in [4.78, 5) is 12.8. The van der Waals surface area contributed by atoms with Crippen molar-refractivity contribution < 1.29 is 23.4 Å². The van der Waals surface area contributed by atoms with Gasteiger partial charge in [-0.25, -0.2) is 0 Å². The number of aromatic nitrogens is 2. The second kappa shape index (κ2) is 7.58. The molecule has 3 rings (SSSR count). The number of ether oxygens (including phenoxy) is 1. The number of hydrogen-bond acceptors (Lipinski definition) is 4. The SMILES string of the molecule is [B]C([B])(O)c1ccc(NC(=O)c2cn(C(C)C)nc2C2CC2)cc1OC(F)F. The molecule has 1 amide bonds. The van der Waals surface area contributed by atoms with Gasteiger partial charge < -0.3 is 15.2 Å². The Labute approximate surface area is 164 Å². The highest BCUT2D eigenvalue weighted by molar-refractivity contribution is 6.38. The monoisotopic (exact) mass is 385 g/mol. The third kappa shape index (κ3) is 4.55. The van der Waals surface area contributed by atoms with E-state index < -0.39 is 23.7 Å². The molecule has 1 aromatic heterocycles. The molecule has 1 aliphatic carbocycles. The number of hydrogen-bond donors (Lipinski definition) is 2. The number of alkyl halides is 2. The Bertz CT molecular complexity index is 877. The molecular weight excluding hydrogens is 366 g/mol. The molecule has 1 heterocycles. The van der Waals surface area contributed by atoms with Crippen molar-refractivity contribution in [2.24, 2.45) is 0 Å². The van der Waals surface area contributed by atoms with E-state index in [9.17, 15) is 18.7 Å². The van der Waals surface area contributed by atoms with E-state index in [-0.39, 0.29) is 23.2 Å². The zero-order valence-corrected chi connectivity index (χ0v) is 15.5. The quantitative estimate of drug-likeness (QED) is 0.719.